The van der Waals surface area contributed by atoms with Gasteiger partial charge in [0.25, 0.3) is 11.6 Å². The number of hydrogen-bond donors (Lipinski definition) is 3. The van der Waals surface area contributed by atoms with Crippen molar-refractivity contribution in [3.8, 4) is 0 Å². The molecule has 35 heavy (non-hydrogen) atoms. The zero-order chi connectivity index (χ0) is 25.4. The molecule has 0 saturated heterocycles. The van der Waals surface area contributed by atoms with Gasteiger partial charge in [-0.15, -0.1) is 0 Å². The van der Waals surface area contributed by atoms with Crippen molar-refractivity contribution in [1.29, 1.82) is 0 Å². The number of aliphatic hydroxyl groups is 1. The molecule has 10 heteroatoms. The average molecular weight is 485 g/mol. The van der Waals surface area contributed by atoms with Crippen molar-refractivity contribution < 1.29 is 24.3 Å². The summed E-state index contributed by atoms with van der Waals surface area (Å²) in [5.74, 6) is 0.455. The van der Waals surface area contributed by atoms with Crippen LogP contribution >= 0.6 is 0 Å². The number of carbonyl (C=O) groups is 1. The predicted molar refractivity (Wildman–Crippen MR) is 130 cm³/mol. The summed E-state index contributed by atoms with van der Waals surface area (Å²) >= 11 is 0. The Balaban J connectivity index is 1.53. The Morgan fingerprint density at radius 2 is 1.91 bits per heavy atom. The summed E-state index contributed by atoms with van der Waals surface area (Å²) in [5, 5.41) is 25.7. The van der Waals surface area contributed by atoms with Crippen LogP contribution in [0.15, 0.2) is 54.4 Å². The summed E-state index contributed by atoms with van der Waals surface area (Å²) in [6.45, 7) is 7.34. The Labute approximate surface area is 204 Å². The first kappa shape index (κ1) is 26.1. The van der Waals surface area contributed by atoms with Crippen molar-refractivity contribution in [2.75, 3.05) is 18.4 Å². The largest absolute Gasteiger partial charge is 0.459 e. The Morgan fingerprint density at radius 1 is 1.20 bits per heavy atom. The molecule has 2 aromatic rings. The number of ether oxygens (including phenoxy) is 2. The minimum absolute atomic E-state index is 0.0106. The van der Waals surface area contributed by atoms with Gasteiger partial charge in [0.2, 0.25) is 6.29 Å². The van der Waals surface area contributed by atoms with Crippen LogP contribution in [0.3, 0.4) is 0 Å². The van der Waals surface area contributed by atoms with E-state index in [1.807, 2.05) is 30.3 Å². The molecule has 1 aromatic carbocycles. The molecule has 0 bridgehead atoms. The Morgan fingerprint density at radius 3 is 2.51 bits per heavy atom. The van der Waals surface area contributed by atoms with Gasteiger partial charge in [-0.05, 0) is 34.6 Å². The molecule has 0 radical (unpaired) electrons. The number of hydrogen-bond acceptors (Lipinski definition) is 8. The van der Waals surface area contributed by atoms with E-state index in [9.17, 15) is 20.0 Å². The molecule has 0 fully saturated rings. The van der Waals surface area contributed by atoms with Crippen molar-refractivity contribution >= 4 is 17.4 Å². The SMILES string of the molecule is CC(C)(C)[C@H]1C=C(C(=O)NCCNc2ccc([N+](=O)[O-])cn2)O[C@@H](OCc2ccc(CO)cc2)C1. The van der Waals surface area contributed by atoms with Gasteiger partial charge in [-0.1, -0.05) is 45.0 Å². The van der Waals surface area contributed by atoms with E-state index in [0.717, 1.165) is 11.1 Å². The number of carbonyl (C=O) groups excluding carboxylic acids is 1. The second-order valence-corrected chi connectivity index (χ2v) is 9.41. The lowest BCUT2D eigenvalue weighted by Crippen LogP contribution is -2.37. The highest BCUT2D eigenvalue weighted by molar-refractivity contribution is 5.91. The number of aliphatic hydroxyl groups excluding tert-OH is 1. The van der Waals surface area contributed by atoms with E-state index in [0.29, 0.717) is 31.9 Å². The zero-order valence-electron chi connectivity index (χ0n) is 20.2. The minimum Gasteiger partial charge on any atom is -0.459 e. The summed E-state index contributed by atoms with van der Waals surface area (Å²) in [7, 11) is 0. The van der Waals surface area contributed by atoms with E-state index in [2.05, 4.69) is 36.4 Å². The van der Waals surface area contributed by atoms with Gasteiger partial charge < -0.3 is 25.2 Å². The fourth-order valence-electron chi connectivity index (χ4n) is 3.50. The topological polar surface area (TPSA) is 136 Å². The maximum Gasteiger partial charge on any atom is 0.287 e. The van der Waals surface area contributed by atoms with E-state index in [1.54, 1.807) is 0 Å². The minimum atomic E-state index is -0.565. The number of allylic oxidation sites excluding steroid dienone is 1. The van der Waals surface area contributed by atoms with Crippen LogP contribution in [0.1, 0.15) is 38.3 Å². The first-order chi connectivity index (χ1) is 16.7. The third kappa shape index (κ3) is 7.76. The molecule has 3 N–H and O–H groups in total. The van der Waals surface area contributed by atoms with Gasteiger partial charge in [-0.3, -0.25) is 14.9 Å². The lowest BCUT2D eigenvalue weighted by Gasteiger charge is -2.36. The number of nitrogens with one attached hydrogen (secondary N) is 2. The standard InChI is InChI=1S/C25H32N4O6/c1-25(2,3)19-12-21(35-23(13-19)34-16-18-6-4-17(15-30)5-7-18)24(31)27-11-10-26-22-9-8-20(14-28-22)29(32)33/h4-9,12,14,19,23,30H,10-11,13,15-16H2,1-3H3,(H,26,28)(H,27,31)/t19-,23+/m0/s1. The molecule has 188 valence electrons. The highest BCUT2D eigenvalue weighted by Gasteiger charge is 2.34. The fourth-order valence-corrected chi connectivity index (χ4v) is 3.50. The highest BCUT2D eigenvalue weighted by Crippen LogP contribution is 2.36. The average Bonchev–Trinajstić information content (AvgIpc) is 2.85. The number of amides is 1. The molecule has 0 saturated carbocycles. The van der Waals surface area contributed by atoms with Crippen molar-refractivity contribution in [2.24, 2.45) is 11.3 Å². The van der Waals surface area contributed by atoms with Crippen LogP contribution in [0.25, 0.3) is 0 Å². The molecule has 10 nitrogen and oxygen atoms in total. The van der Waals surface area contributed by atoms with Crippen molar-refractivity contribution in [3.05, 3.63) is 75.7 Å². The van der Waals surface area contributed by atoms with Gasteiger partial charge in [0, 0.05) is 25.6 Å². The van der Waals surface area contributed by atoms with Crippen LogP contribution in [-0.4, -0.2) is 40.3 Å². The molecule has 2 heterocycles. The van der Waals surface area contributed by atoms with Gasteiger partial charge in [0.1, 0.15) is 12.0 Å². The van der Waals surface area contributed by atoms with Crippen molar-refractivity contribution in [3.63, 3.8) is 0 Å². The van der Waals surface area contributed by atoms with E-state index < -0.39 is 11.2 Å². The molecular formula is C25H32N4O6. The second-order valence-electron chi connectivity index (χ2n) is 9.41. The molecule has 2 atom stereocenters. The monoisotopic (exact) mass is 484 g/mol. The Bertz CT molecular complexity index is 1030. The summed E-state index contributed by atoms with van der Waals surface area (Å²) in [5.41, 5.74) is 1.61. The predicted octanol–water partition coefficient (Wildman–Crippen LogP) is 3.52. The van der Waals surface area contributed by atoms with Gasteiger partial charge in [-0.2, -0.15) is 0 Å². The molecule has 0 spiro atoms. The molecule has 1 aliphatic rings. The molecule has 0 unspecified atom stereocenters. The van der Waals surface area contributed by atoms with Crippen LogP contribution in [0.4, 0.5) is 11.5 Å². The van der Waals surface area contributed by atoms with Crippen LogP contribution in [-0.2, 0) is 27.5 Å². The number of benzene rings is 1. The van der Waals surface area contributed by atoms with Crippen molar-refractivity contribution in [1.82, 2.24) is 10.3 Å². The van der Waals surface area contributed by atoms with Gasteiger partial charge in [0.15, 0.2) is 5.76 Å². The molecule has 1 aliphatic heterocycles. The van der Waals surface area contributed by atoms with E-state index >= 15 is 0 Å². The van der Waals surface area contributed by atoms with E-state index in [1.165, 1.54) is 18.3 Å². The molecular weight excluding hydrogens is 452 g/mol. The normalized spacial score (nSPS) is 17.8. The molecule has 1 aromatic heterocycles. The third-order valence-corrected chi connectivity index (χ3v) is 5.71. The number of nitro groups is 1. The zero-order valence-corrected chi connectivity index (χ0v) is 20.2. The van der Waals surface area contributed by atoms with E-state index in [4.69, 9.17) is 9.47 Å². The fraction of sp³-hybridized carbons (Fsp3) is 0.440. The third-order valence-electron chi connectivity index (χ3n) is 5.71. The quantitative estimate of drug-likeness (QED) is 0.265. The van der Waals surface area contributed by atoms with Crippen LogP contribution in [0.2, 0.25) is 0 Å². The van der Waals surface area contributed by atoms with Gasteiger partial charge in [-0.25, -0.2) is 4.98 Å². The lowest BCUT2D eigenvalue weighted by atomic mass is 9.77. The maximum atomic E-state index is 12.8. The molecule has 3 rings (SSSR count). The number of aromatic nitrogens is 1. The van der Waals surface area contributed by atoms with Crippen LogP contribution < -0.4 is 10.6 Å². The van der Waals surface area contributed by atoms with Gasteiger partial charge >= 0.3 is 0 Å². The smallest absolute Gasteiger partial charge is 0.287 e. The lowest BCUT2D eigenvalue weighted by molar-refractivity contribution is -0.385. The number of pyridine rings is 1. The summed E-state index contributed by atoms with van der Waals surface area (Å²) in [4.78, 5) is 27.0. The number of nitrogens with zero attached hydrogens (tertiary/aromatic N) is 2. The van der Waals surface area contributed by atoms with Crippen LogP contribution in [0.5, 0.6) is 0 Å². The second kappa shape index (κ2) is 11.8. The number of rotatable bonds is 10. The highest BCUT2D eigenvalue weighted by atomic mass is 16.7. The molecule has 1 amide bonds. The van der Waals surface area contributed by atoms with Crippen molar-refractivity contribution in [2.45, 2.75) is 46.7 Å². The Hall–Kier alpha value is -3.50. The van der Waals surface area contributed by atoms with E-state index in [-0.39, 0.29) is 35.3 Å². The van der Waals surface area contributed by atoms with Gasteiger partial charge in [0.05, 0.1) is 18.1 Å². The first-order valence-electron chi connectivity index (χ1n) is 11.5. The first-order valence-corrected chi connectivity index (χ1v) is 11.5. The molecule has 0 aliphatic carbocycles. The summed E-state index contributed by atoms with van der Waals surface area (Å²) in [6, 6.07) is 10.4. The summed E-state index contributed by atoms with van der Waals surface area (Å²) < 4.78 is 11.9. The number of anilines is 1. The Kier molecular flexibility index (Phi) is 8.78. The maximum absolute atomic E-state index is 12.8. The van der Waals surface area contributed by atoms with Crippen LogP contribution in [0, 0.1) is 21.4 Å². The summed E-state index contributed by atoms with van der Waals surface area (Å²) in [6.07, 6.45) is 3.10.